The summed E-state index contributed by atoms with van der Waals surface area (Å²) in [4.78, 5) is 31.5. The standard InChI is InChI=1S/C31H24F2N6O.C24H20BrF2N5O.C7H6BNO2/c1-19-30(25-7-2-3-8-35-25)38-27-15-22(32)14-24(33)29(27)31(19)37-26-16-28(39-9-11-40-12-10-39)36-18-23(26)21-6-4-5-20(13-21)17-34;1-14-23(18-4-2-3-5-28-18)31-20-11-15(26)10-17(27)22(20)24(14)30-19-12-21(29-13-16(19)25)32-6-8-33-9-7-32;9-5-6-2-1-3-7(4-6)8(10)11/h2-8,13-16,18H,9-12H2,1H3,(H,36,37,38);2-5,10-13H,6-9H2,1H3,(H,29,30,31);1-4,10-11H. The van der Waals surface area contributed by atoms with E-state index in [1.807, 2.05) is 68.4 Å². The second-order valence-corrected chi connectivity index (χ2v) is 20.1. The van der Waals surface area contributed by atoms with Crippen molar-refractivity contribution in [2.45, 2.75) is 13.8 Å². The summed E-state index contributed by atoms with van der Waals surface area (Å²) in [6, 6.07) is 36.4. The second-order valence-electron chi connectivity index (χ2n) is 19.3. The van der Waals surface area contributed by atoms with Crippen LogP contribution in [0.1, 0.15) is 22.3 Å². The summed E-state index contributed by atoms with van der Waals surface area (Å²) in [6.45, 7) is 8.99. The van der Waals surface area contributed by atoms with Gasteiger partial charge in [-0.1, -0.05) is 36.4 Å². The maximum Gasteiger partial charge on any atom is 0.488 e. The first-order valence-corrected chi connectivity index (χ1v) is 27.2. The van der Waals surface area contributed by atoms with Gasteiger partial charge in [0.25, 0.3) is 0 Å². The number of halogens is 5. The number of ether oxygens (including phenoxy) is 2. The summed E-state index contributed by atoms with van der Waals surface area (Å²) in [7, 11) is -1.50. The molecule has 16 nitrogen and oxygen atoms in total. The van der Waals surface area contributed by atoms with Crippen LogP contribution >= 0.6 is 15.9 Å². The molecular formula is C62H50BBrF4N12O4. The van der Waals surface area contributed by atoms with Gasteiger partial charge < -0.3 is 40.0 Å². The van der Waals surface area contributed by atoms with Crippen molar-refractivity contribution in [1.82, 2.24) is 29.9 Å². The van der Waals surface area contributed by atoms with Crippen molar-refractivity contribution in [1.29, 1.82) is 10.5 Å². The molecule has 0 unspecified atom stereocenters. The number of aromatic nitrogens is 6. The quantitative estimate of drug-likeness (QED) is 0.0740. The molecule has 0 aliphatic carbocycles. The van der Waals surface area contributed by atoms with E-state index in [4.69, 9.17) is 29.8 Å². The average molecular weight is 1190 g/mol. The largest absolute Gasteiger partial charge is 0.488 e. The van der Waals surface area contributed by atoms with Gasteiger partial charge in [0.1, 0.15) is 34.9 Å². The Hall–Kier alpha value is -9.42. The molecule has 4 N–H and O–H groups in total. The van der Waals surface area contributed by atoms with Gasteiger partial charge >= 0.3 is 7.12 Å². The molecule has 2 aliphatic rings. The molecule has 420 valence electrons. The molecule has 22 heteroatoms. The van der Waals surface area contributed by atoms with Crippen LogP contribution in [0.2, 0.25) is 0 Å². The van der Waals surface area contributed by atoms with Crippen molar-refractivity contribution in [3.8, 4) is 46.0 Å². The van der Waals surface area contributed by atoms with Crippen LogP contribution in [0.15, 0.2) is 151 Å². The van der Waals surface area contributed by atoms with Crippen molar-refractivity contribution < 1.29 is 37.1 Å². The fourth-order valence-electron chi connectivity index (χ4n) is 9.66. The maximum absolute atomic E-state index is 15.4. The van der Waals surface area contributed by atoms with E-state index in [9.17, 15) is 14.0 Å². The Kier molecular flexibility index (Phi) is 18.0. The topological polar surface area (TPSA) is 214 Å². The van der Waals surface area contributed by atoms with E-state index in [1.165, 1.54) is 18.2 Å². The van der Waals surface area contributed by atoms with Gasteiger partial charge in [-0.15, -0.1) is 0 Å². The summed E-state index contributed by atoms with van der Waals surface area (Å²) >= 11 is 3.54. The van der Waals surface area contributed by atoms with Crippen LogP contribution in [-0.2, 0) is 9.47 Å². The molecule has 0 amide bonds. The first-order chi connectivity index (χ1) is 40.8. The van der Waals surface area contributed by atoms with E-state index in [0.29, 0.717) is 117 Å². The fourth-order valence-corrected chi connectivity index (χ4v) is 9.97. The van der Waals surface area contributed by atoms with Crippen LogP contribution in [0.3, 0.4) is 0 Å². The molecule has 0 saturated carbocycles. The minimum absolute atomic E-state index is 0.167. The molecule has 0 atom stereocenters. The lowest BCUT2D eigenvalue weighted by Crippen LogP contribution is -2.36. The van der Waals surface area contributed by atoms with Gasteiger partial charge in [0.05, 0.1) is 121 Å². The maximum atomic E-state index is 15.4. The highest BCUT2D eigenvalue weighted by atomic mass is 79.9. The summed E-state index contributed by atoms with van der Waals surface area (Å²) < 4.78 is 70.5. The van der Waals surface area contributed by atoms with E-state index in [0.717, 1.165) is 48.0 Å². The lowest BCUT2D eigenvalue weighted by molar-refractivity contribution is 0.122. The third-order valence-corrected chi connectivity index (χ3v) is 14.5. The summed E-state index contributed by atoms with van der Waals surface area (Å²) in [5, 5.41) is 42.5. The Morgan fingerprint density at radius 1 is 0.571 bits per heavy atom. The summed E-state index contributed by atoms with van der Waals surface area (Å²) in [5.74, 6) is -1.29. The lowest BCUT2D eigenvalue weighted by Gasteiger charge is -2.28. The first-order valence-electron chi connectivity index (χ1n) is 26.4. The normalized spacial score (nSPS) is 13.0. The van der Waals surface area contributed by atoms with Crippen LogP contribution in [0.4, 0.5) is 51.9 Å². The molecule has 0 spiro atoms. The number of nitrogens with zero attached hydrogens (tertiary/aromatic N) is 10. The van der Waals surface area contributed by atoms with Crippen molar-refractivity contribution in [3.05, 3.63) is 196 Å². The third kappa shape index (κ3) is 13.1. The SMILES string of the molecule is Cc1c(-c2ccccn2)nc2cc(F)cc(F)c2c1Nc1cc(N2CCOCC2)ncc1-c1cccc(C#N)c1.Cc1c(-c2ccccn2)nc2cc(F)cc(F)c2c1Nc1cc(N2CCOCC2)ncc1Br.N#Cc1cccc(B(O)O)c1. The Labute approximate surface area is 489 Å². The number of benzene rings is 4. The average Bonchev–Trinajstić information content (AvgIpc) is 2.27. The van der Waals surface area contributed by atoms with E-state index in [2.05, 4.69) is 67.4 Å². The molecule has 6 aromatic heterocycles. The fraction of sp³-hybridized carbons (Fsp3) is 0.161. The number of nitriles is 2. The van der Waals surface area contributed by atoms with Crippen LogP contribution in [0.5, 0.6) is 0 Å². The summed E-state index contributed by atoms with van der Waals surface area (Å²) in [6.07, 6.45) is 6.77. The number of fused-ring (bicyclic) bond motifs is 2. The Morgan fingerprint density at radius 3 is 1.56 bits per heavy atom. The molecule has 10 aromatic rings. The van der Waals surface area contributed by atoms with E-state index < -0.39 is 30.4 Å². The molecule has 12 rings (SSSR count). The molecule has 2 aliphatic heterocycles. The van der Waals surface area contributed by atoms with Crippen molar-refractivity contribution in [2.75, 3.05) is 73.0 Å². The Balaban J connectivity index is 0.000000161. The molecule has 0 bridgehead atoms. The van der Waals surface area contributed by atoms with Crippen molar-refractivity contribution >= 4 is 84.7 Å². The number of anilines is 6. The molecule has 4 aromatic carbocycles. The van der Waals surface area contributed by atoms with Gasteiger partial charge in [-0.3, -0.25) is 9.97 Å². The number of rotatable bonds is 10. The van der Waals surface area contributed by atoms with Crippen LogP contribution in [0.25, 0.3) is 55.7 Å². The molecule has 84 heavy (non-hydrogen) atoms. The van der Waals surface area contributed by atoms with Gasteiger partial charge in [-0.05, 0) is 89.3 Å². The van der Waals surface area contributed by atoms with Crippen molar-refractivity contribution in [2.24, 2.45) is 0 Å². The number of hydrogen-bond acceptors (Lipinski definition) is 16. The highest BCUT2D eigenvalue weighted by molar-refractivity contribution is 9.10. The van der Waals surface area contributed by atoms with Crippen LogP contribution in [0, 0.1) is 59.8 Å². The Bertz CT molecular complexity index is 4130. The number of morpholine rings is 2. The molecule has 2 fully saturated rings. The number of nitrogens with one attached hydrogen (secondary N) is 2. The van der Waals surface area contributed by atoms with Gasteiger partial charge in [0, 0.05) is 104 Å². The van der Waals surface area contributed by atoms with Gasteiger partial charge in [-0.2, -0.15) is 10.5 Å². The summed E-state index contributed by atoms with van der Waals surface area (Å²) in [5.41, 5.74) is 9.05. The zero-order valence-electron chi connectivity index (χ0n) is 45.2. The predicted molar refractivity (Wildman–Crippen MR) is 319 cm³/mol. The van der Waals surface area contributed by atoms with E-state index in [1.54, 1.807) is 67.3 Å². The predicted octanol–water partition coefficient (Wildman–Crippen LogP) is 11.3. The highest BCUT2D eigenvalue weighted by Gasteiger charge is 2.24. The smallest absolute Gasteiger partial charge is 0.423 e. The van der Waals surface area contributed by atoms with Crippen LogP contribution < -0.4 is 25.9 Å². The third-order valence-electron chi connectivity index (χ3n) is 13.8. The highest BCUT2D eigenvalue weighted by Crippen LogP contribution is 2.41. The minimum atomic E-state index is -1.50. The van der Waals surface area contributed by atoms with Gasteiger partial charge in [0.2, 0.25) is 0 Å². The lowest BCUT2D eigenvalue weighted by atomic mass is 9.80. The Morgan fingerprint density at radius 2 is 1.06 bits per heavy atom. The molecule has 2 saturated heterocycles. The van der Waals surface area contributed by atoms with Crippen molar-refractivity contribution in [3.63, 3.8) is 0 Å². The zero-order chi connectivity index (χ0) is 58.9. The first kappa shape index (κ1) is 57.8. The molecule has 0 radical (unpaired) electrons. The number of pyridine rings is 6. The van der Waals surface area contributed by atoms with Gasteiger partial charge in [0.15, 0.2) is 0 Å². The van der Waals surface area contributed by atoms with Gasteiger partial charge in [-0.25, -0.2) is 37.5 Å². The number of hydrogen-bond donors (Lipinski definition) is 4. The molecular weight excluding hydrogens is 1140 g/mol. The van der Waals surface area contributed by atoms with E-state index in [-0.39, 0.29) is 21.8 Å². The van der Waals surface area contributed by atoms with E-state index >= 15 is 8.78 Å². The van der Waals surface area contributed by atoms with Crippen LogP contribution in [-0.4, -0.2) is 99.7 Å². The second kappa shape index (κ2) is 26.2. The molecule has 8 heterocycles. The monoisotopic (exact) mass is 1190 g/mol. The minimum Gasteiger partial charge on any atom is -0.423 e. The zero-order valence-corrected chi connectivity index (χ0v) is 46.7.